The lowest BCUT2D eigenvalue weighted by atomic mass is 10.2. The van der Waals surface area contributed by atoms with Crippen molar-refractivity contribution in [3.8, 4) is 0 Å². The summed E-state index contributed by atoms with van der Waals surface area (Å²) >= 11 is 0. The summed E-state index contributed by atoms with van der Waals surface area (Å²) in [5.74, 6) is -2.70. The topological polar surface area (TPSA) is 63.6 Å². The van der Waals surface area contributed by atoms with E-state index in [1.807, 2.05) is 13.8 Å². The molecule has 64 valence electrons. The van der Waals surface area contributed by atoms with Crippen molar-refractivity contribution in [2.24, 2.45) is 0 Å². The van der Waals surface area contributed by atoms with E-state index >= 15 is 0 Å². The molecule has 4 heteroatoms. The largest absolute Gasteiger partial charge is 0.473 e. The minimum atomic E-state index is -1.53. The number of hydrogen-bond donors (Lipinski definition) is 1. The van der Waals surface area contributed by atoms with Crippen molar-refractivity contribution in [2.75, 3.05) is 0 Å². The maximum absolute atomic E-state index is 10.4. The van der Waals surface area contributed by atoms with Gasteiger partial charge in [0.25, 0.3) is 0 Å². The van der Waals surface area contributed by atoms with Crippen LogP contribution in [0.5, 0.6) is 0 Å². The highest BCUT2D eigenvalue weighted by molar-refractivity contribution is 6.28. The van der Waals surface area contributed by atoms with Gasteiger partial charge in [0.05, 0.1) is 0 Å². The van der Waals surface area contributed by atoms with Crippen LogP contribution in [0.2, 0.25) is 0 Å². The molecule has 0 saturated heterocycles. The molecule has 11 heavy (non-hydrogen) atoms. The van der Waals surface area contributed by atoms with Crippen molar-refractivity contribution in [1.82, 2.24) is 0 Å². The van der Waals surface area contributed by atoms with Crippen molar-refractivity contribution >= 4 is 11.9 Å². The first-order valence-electron chi connectivity index (χ1n) is 3.55. The molecule has 0 saturated carbocycles. The molecule has 0 unspecified atom stereocenters. The molecule has 0 fully saturated rings. The first-order valence-corrected chi connectivity index (χ1v) is 3.55. The number of carboxylic acid groups (broad SMARTS) is 1. The van der Waals surface area contributed by atoms with E-state index in [9.17, 15) is 9.59 Å². The number of rotatable bonds is 3. The molecule has 4 nitrogen and oxygen atoms in total. The second-order valence-electron chi connectivity index (χ2n) is 2.15. The van der Waals surface area contributed by atoms with Crippen LogP contribution in [0.1, 0.15) is 26.7 Å². The van der Waals surface area contributed by atoms with Crippen LogP contribution in [-0.4, -0.2) is 23.1 Å². The predicted molar refractivity (Wildman–Crippen MR) is 38.1 cm³/mol. The van der Waals surface area contributed by atoms with Gasteiger partial charge in [-0.2, -0.15) is 0 Å². The molecule has 0 bridgehead atoms. The highest BCUT2D eigenvalue weighted by Gasteiger charge is 2.16. The summed E-state index contributed by atoms with van der Waals surface area (Å²) in [7, 11) is 0. The van der Waals surface area contributed by atoms with Gasteiger partial charge in [-0.05, 0) is 12.8 Å². The Bertz CT molecular complexity index is 149. The zero-order valence-corrected chi connectivity index (χ0v) is 6.66. The molecule has 1 N–H and O–H groups in total. The van der Waals surface area contributed by atoms with Crippen LogP contribution in [-0.2, 0) is 14.3 Å². The van der Waals surface area contributed by atoms with Gasteiger partial charge in [0.2, 0.25) is 0 Å². The van der Waals surface area contributed by atoms with Gasteiger partial charge >= 0.3 is 11.9 Å². The Labute approximate surface area is 65.2 Å². The van der Waals surface area contributed by atoms with E-state index in [1.165, 1.54) is 0 Å². The van der Waals surface area contributed by atoms with E-state index in [0.717, 1.165) is 0 Å². The SMILES string of the molecule is CCC(CC)OC(=O)C(=O)O. The zero-order valence-electron chi connectivity index (χ0n) is 6.66. The monoisotopic (exact) mass is 160 g/mol. The minimum Gasteiger partial charge on any atom is -0.473 e. The van der Waals surface area contributed by atoms with Crippen LogP contribution in [0.25, 0.3) is 0 Å². The van der Waals surface area contributed by atoms with Crippen LogP contribution < -0.4 is 0 Å². The first-order chi connectivity index (χ1) is 5.11. The molecule has 0 aromatic rings. The second kappa shape index (κ2) is 4.71. The minimum absolute atomic E-state index is 0.265. The quantitative estimate of drug-likeness (QED) is 0.490. The molecule has 0 aliphatic rings. The van der Waals surface area contributed by atoms with Crippen LogP contribution in [0.15, 0.2) is 0 Å². The molecular formula is C7H12O4. The number of carbonyl (C=O) groups excluding carboxylic acids is 1. The van der Waals surface area contributed by atoms with Crippen molar-refractivity contribution < 1.29 is 19.4 Å². The van der Waals surface area contributed by atoms with E-state index in [2.05, 4.69) is 4.74 Å². The van der Waals surface area contributed by atoms with Crippen LogP contribution >= 0.6 is 0 Å². The Morgan fingerprint density at radius 2 is 1.82 bits per heavy atom. The Hall–Kier alpha value is -1.06. The highest BCUT2D eigenvalue weighted by Crippen LogP contribution is 2.02. The van der Waals surface area contributed by atoms with E-state index in [-0.39, 0.29) is 6.10 Å². The maximum Gasteiger partial charge on any atom is 0.417 e. The Morgan fingerprint density at radius 3 is 2.09 bits per heavy atom. The lowest BCUT2D eigenvalue weighted by molar-refractivity contribution is -0.167. The third-order valence-electron chi connectivity index (χ3n) is 1.36. The summed E-state index contributed by atoms with van der Waals surface area (Å²) < 4.78 is 4.57. The average molecular weight is 160 g/mol. The van der Waals surface area contributed by atoms with Crippen molar-refractivity contribution in [2.45, 2.75) is 32.8 Å². The Morgan fingerprint density at radius 1 is 1.36 bits per heavy atom. The molecule has 0 aromatic heterocycles. The summed E-state index contributed by atoms with van der Waals surface area (Å²) in [6, 6.07) is 0. The van der Waals surface area contributed by atoms with Gasteiger partial charge in [0.1, 0.15) is 6.10 Å². The van der Waals surface area contributed by atoms with Crippen molar-refractivity contribution in [3.63, 3.8) is 0 Å². The summed E-state index contributed by atoms with van der Waals surface area (Å²) in [5.41, 5.74) is 0. The third-order valence-corrected chi connectivity index (χ3v) is 1.36. The van der Waals surface area contributed by atoms with Gasteiger partial charge in [-0.25, -0.2) is 9.59 Å². The fourth-order valence-electron chi connectivity index (χ4n) is 0.657. The highest BCUT2D eigenvalue weighted by atomic mass is 16.6. The maximum atomic E-state index is 10.4. The van der Waals surface area contributed by atoms with Crippen molar-refractivity contribution in [1.29, 1.82) is 0 Å². The number of aliphatic carboxylic acids is 1. The molecule has 0 aliphatic carbocycles. The third kappa shape index (κ3) is 3.60. The van der Waals surface area contributed by atoms with Gasteiger partial charge in [0, 0.05) is 0 Å². The zero-order chi connectivity index (χ0) is 8.85. The lowest BCUT2D eigenvalue weighted by Crippen LogP contribution is -2.23. The van der Waals surface area contributed by atoms with Crippen LogP contribution in [0.3, 0.4) is 0 Å². The summed E-state index contributed by atoms with van der Waals surface area (Å²) in [4.78, 5) is 20.4. The van der Waals surface area contributed by atoms with Crippen LogP contribution in [0.4, 0.5) is 0 Å². The van der Waals surface area contributed by atoms with E-state index in [1.54, 1.807) is 0 Å². The van der Waals surface area contributed by atoms with Gasteiger partial charge < -0.3 is 9.84 Å². The number of hydrogen-bond acceptors (Lipinski definition) is 3. The fourth-order valence-corrected chi connectivity index (χ4v) is 0.657. The van der Waals surface area contributed by atoms with Gasteiger partial charge in [-0.3, -0.25) is 0 Å². The summed E-state index contributed by atoms with van der Waals surface area (Å²) in [6.45, 7) is 3.67. The van der Waals surface area contributed by atoms with E-state index < -0.39 is 11.9 Å². The first kappa shape index (κ1) is 9.94. The van der Waals surface area contributed by atoms with E-state index in [0.29, 0.717) is 12.8 Å². The van der Waals surface area contributed by atoms with Gasteiger partial charge in [0.15, 0.2) is 0 Å². The standard InChI is InChI=1S/C7H12O4/c1-3-5(4-2)11-7(10)6(8)9/h5H,3-4H2,1-2H3,(H,8,9). The number of carbonyl (C=O) groups is 2. The molecule has 0 rings (SSSR count). The van der Waals surface area contributed by atoms with Crippen molar-refractivity contribution in [3.05, 3.63) is 0 Å². The predicted octanol–water partition coefficient (Wildman–Crippen LogP) is 0.803. The van der Waals surface area contributed by atoms with Gasteiger partial charge in [-0.1, -0.05) is 13.8 Å². The fraction of sp³-hybridized carbons (Fsp3) is 0.714. The Balaban J connectivity index is 3.81. The number of ether oxygens (including phenoxy) is 1. The molecular weight excluding hydrogens is 148 g/mol. The molecule has 0 spiro atoms. The smallest absolute Gasteiger partial charge is 0.417 e. The molecule has 0 heterocycles. The molecule has 0 aromatic carbocycles. The molecule has 0 radical (unpaired) electrons. The molecule has 0 amide bonds. The number of carboxylic acids is 1. The molecule has 0 aliphatic heterocycles. The second-order valence-corrected chi connectivity index (χ2v) is 2.15. The summed E-state index contributed by atoms with van der Waals surface area (Å²) in [5, 5.41) is 8.15. The van der Waals surface area contributed by atoms with E-state index in [4.69, 9.17) is 5.11 Å². The molecule has 0 atom stereocenters. The lowest BCUT2D eigenvalue weighted by Gasteiger charge is -2.11. The number of esters is 1. The van der Waals surface area contributed by atoms with Crippen LogP contribution in [0, 0.1) is 0 Å². The summed E-state index contributed by atoms with van der Waals surface area (Å²) in [6.07, 6.45) is 1.03. The normalized spacial score (nSPS) is 9.73. The Kier molecular flexibility index (Phi) is 4.26. The average Bonchev–Trinajstić information content (AvgIpc) is 1.99. The van der Waals surface area contributed by atoms with Gasteiger partial charge in [-0.15, -0.1) is 0 Å².